The third kappa shape index (κ3) is 2.41. The van der Waals surface area contributed by atoms with Gasteiger partial charge in [-0.3, -0.25) is 0 Å². The van der Waals surface area contributed by atoms with E-state index < -0.39 is 21.8 Å². The zero-order valence-corrected chi connectivity index (χ0v) is 13.5. The van der Waals surface area contributed by atoms with Crippen molar-refractivity contribution in [2.24, 2.45) is 0 Å². The number of benzene rings is 2. The van der Waals surface area contributed by atoms with Gasteiger partial charge in [-0.15, -0.1) is 0 Å². The first kappa shape index (κ1) is 16.0. The lowest BCUT2D eigenvalue weighted by Crippen LogP contribution is -2.14. The third-order valence-electron chi connectivity index (χ3n) is 3.53. The maximum absolute atomic E-state index is 12.8. The van der Waals surface area contributed by atoms with Gasteiger partial charge < -0.3 is 14.2 Å². The van der Waals surface area contributed by atoms with Gasteiger partial charge in [-0.1, -0.05) is 0 Å². The van der Waals surface area contributed by atoms with E-state index in [1.807, 2.05) is 0 Å². The van der Waals surface area contributed by atoms with Crippen LogP contribution in [-0.4, -0.2) is 34.6 Å². The predicted molar refractivity (Wildman–Crippen MR) is 81.1 cm³/mol. The van der Waals surface area contributed by atoms with E-state index in [9.17, 15) is 18.0 Å². The van der Waals surface area contributed by atoms with Crippen LogP contribution in [0.2, 0.25) is 0 Å². The quantitative estimate of drug-likeness (QED) is 0.655. The molecule has 0 aromatic heterocycles. The molecule has 1 aliphatic heterocycles. The van der Waals surface area contributed by atoms with E-state index in [0.717, 1.165) is 0 Å². The number of hydrogen-bond acceptors (Lipinski definition) is 7. The molecule has 0 fully saturated rings. The highest BCUT2D eigenvalue weighted by molar-refractivity contribution is 7.91. The van der Waals surface area contributed by atoms with E-state index >= 15 is 0 Å². The zero-order valence-electron chi connectivity index (χ0n) is 12.7. The Hall–Kier alpha value is -2.87. The molecule has 0 N–H and O–H groups in total. The molecule has 0 atom stereocenters. The number of carbonyl (C=O) groups is 2. The van der Waals surface area contributed by atoms with E-state index in [1.54, 1.807) is 0 Å². The predicted octanol–water partition coefficient (Wildman–Crippen LogP) is 2.20. The Balaban J connectivity index is 2.18. The number of carbonyl (C=O) groups excluding carboxylic acids is 2. The monoisotopic (exact) mass is 348 g/mol. The summed E-state index contributed by atoms with van der Waals surface area (Å²) in [5, 5.41) is 0. The highest BCUT2D eigenvalue weighted by Gasteiger charge is 2.33. The second-order valence-electron chi connectivity index (χ2n) is 4.91. The molecule has 0 unspecified atom stereocenters. The molecular weight excluding hydrogens is 336 g/mol. The minimum Gasteiger partial charge on any atom is -0.465 e. The number of rotatable bonds is 2. The molecule has 2 aromatic carbocycles. The molecule has 3 rings (SSSR count). The van der Waals surface area contributed by atoms with E-state index in [1.165, 1.54) is 50.6 Å². The van der Waals surface area contributed by atoms with Gasteiger partial charge in [0.2, 0.25) is 9.84 Å². The molecule has 24 heavy (non-hydrogen) atoms. The van der Waals surface area contributed by atoms with Crippen molar-refractivity contribution in [2.75, 3.05) is 14.2 Å². The van der Waals surface area contributed by atoms with Crippen LogP contribution in [-0.2, 0) is 19.3 Å². The third-order valence-corrected chi connectivity index (χ3v) is 5.32. The van der Waals surface area contributed by atoms with Crippen LogP contribution in [0.3, 0.4) is 0 Å². The highest BCUT2D eigenvalue weighted by Crippen LogP contribution is 2.43. The van der Waals surface area contributed by atoms with Gasteiger partial charge in [0.25, 0.3) is 0 Å². The van der Waals surface area contributed by atoms with E-state index in [4.69, 9.17) is 4.74 Å². The van der Waals surface area contributed by atoms with Gasteiger partial charge in [0.1, 0.15) is 21.3 Å². The smallest absolute Gasteiger partial charge is 0.337 e. The second kappa shape index (κ2) is 5.64. The van der Waals surface area contributed by atoms with Crippen molar-refractivity contribution < 1.29 is 32.2 Å². The topological polar surface area (TPSA) is 96.0 Å². The number of ether oxygens (including phenoxy) is 3. The zero-order chi connectivity index (χ0) is 17.5. The van der Waals surface area contributed by atoms with Crippen molar-refractivity contribution in [2.45, 2.75) is 9.79 Å². The Kier molecular flexibility index (Phi) is 3.76. The Morgan fingerprint density at radius 1 is 0.833 bits per heavy atom. The van der Waals surface area contributed by atoms with Crippen molar-refractivity contribution >= 4 is 21.8 Å². The van der Waals surface area contributed by atoms with Gasteiger partial charge in [0.15, 0.2) is 0 Å². The lowest BCUT2D eigenvalue weighted by Gasteiger charge is -2.21. The summed E-state index contributed by atoms with van der Waals surface area (Å²) in [5.41, 5.74) is 0.159. The van der Waals surface area contributed by atoms with E-state index in [-0.39, 0.29) is 32.4 Å². The number of sulfone groups is 1. The molecular formula is C16H12O7S. The lowest BCUT2D eigenvalue weighted by molar-refractivity contribution is 0.0591. The van der Waals surface area contributed by atoms with Gasteiger partial charge in [-0.2, -0.15) is 0 Å². The van der Waals surface area contributed by atoms with Gasteiger partial charge >= 0.3 is 11.9 Å². The van der Waals surface area contributed by atoms with Crippen LogP contribution in [0.4, 0.5) is 0 Å². The van der Waals surface area contributed by atoms with Crippen molar-refractivity contribution in [1.82, 2.24) is 0 Å². The molecule has 0 radical (unpaired) electrons. The second-order valence-corrected chi connectivity index (χ2v) is 6.80. The maximum Gasteiger partial charge on any atom is 0.337 e. The van der Waals surface area contributed by atoms with Crippen LogP contribution in [0.1, 0.15) is 20.7 Å². The minimum atomic E-state index is -3.97. The van der Waals surface area contributed by atoms with Crippen LogP contribution in [0.25, 0.3) is 0 Å². The molecule has 0 bridgehead atoms. The van der Waals surface area contributed by atoms with Crippen LogP contribution < -0.4 is 4.74 Å². The first-order valence-corrected chi connectivity index (χ1v) is 8.24. The minimum absolute atomic E-state index is 0.0796. The SMILES string of the molecule is COC(=O)c1ccc2c(c1)S(=O)(=O)c1cc(C(=O)OC)ccc1O2. The standard InChI is InChI=1S/C16H12O7S/c1-21-15(17)9-3-5-11-13(7-9)24(19,20)14-8-10(16(18)22-2)4-6-12(14)23-11/h3-8H,1-2H3. The van der Waals surface area contributed by atoms with Gasteiger partial charge in [-0.05, 0) is 36.4 Å². The van der Waals surface area contributed by atoms with Crippen LogP contribution >= 0.6 is 0 Å². The van der Waals surface area contributed by atoms with Crippen LogP contribution in [0.5, 0.6) is 11.5 Å². The van der Waals surface area contributed by atoms with E-state index in [0.29, 0.717) is 0 Å². The number of fused-ring (bicyclic) bond motifs is 2. The highest BCUT2D eigenvalue weighted by atomic mass is 32.2. The van der Waals surface area contributed by atoms with Crippen molar-refractivity contribution in [3.05, 3.63) is 47.5 Å². The molecule has 124 valence electrons. The Bertz CT molecular complexity index is 889. The fourth-order valence-corrected chi connectivity index (χ4v) is 3.88. The Labute approximate surface area is 137 Å². The van der Waals surface area contributed by atoms with E-state index in [2.05, 4.69) is 9.47 Å². The molecule has 0 amide bonds. The summed E-state index contributed by atoms with van der Waals surface area (Å²) in [5.74, 6) is -1.13. The number of hydrogen-bond donors (Lipinski definition) is 0. The summed E-state index contributed by atoms with van der Waals surface area (Å²) in [7, 11) is -1.57. The van der Waals surface area contributed by atoms with Gasteiger partial charge in [0, 0.05) is 0 Å². The molecule has 0 saturated heterocycles. The fraction of sp³-hybridized carbons (Fsp3) is 0.125. The molecule has 7 nitrogen and oxygen atoms in total. The van der Waals surface area contributed by atoms with Gasteiger partial charge in [0.05, 0.1) is 25.3 Å². The summed E-state index contributed by atoms with van der Waals surface area (Å²) in [4.78, 5) is 22.9. The van der Waals surface area contributed by atoms with Crippen molar-refractivity contribution in [3.8, 4) is 11.5 Å². The van der Waals surface area contributed by atoms with Crippen LogP contribution in [0, 0.1) is 0 Å². The fourth-order valence-electron chi connectivity index (χ4n) is 2.33. The molecule has 0 saturated carbocycles. The van der Waals surface area contributed by atoms with Crippen molar-refractivity contribution in [3.63, 3.8) is 0 Å². The molecule has 2 aromatic rings. The largest absolute Gasteiger partial charge is 0.465 e. The first-order chi connectivity index (χ1) is 11.4. The number of methoxy groups -OCH3 is 2. The molecule has 1 heterocycles. The Morgan fingerprint density at radius 3 is 1.62 bits per heavy atom. The molecule has 0 aliphatic carbocycles. The van der Waals surface area contributed by atoms with Gasteiger partial charge in [-0.25, -0.2) is 18.0 Å². The summed E-state index contributed by atoms with van der Waals surface area (Å²) >= 11 is 0. The van der Waals surface area contributed by atoms with Crippen LogP contribution in [0.15, 0.2) is 46.2 Å². The molecule has 0 spiro atoms. The molecule has 1 aliphatic rings. The molecule has 8 heteroatoms. The first-order valence-electron chi connectivity index (χ1n) is 6.76. The maximum atomic E-state index is 12.8. The van der Waals surface area contributed by atoms with Crippen molar-refractivity contribution in [1.29, 1.82) is 0 Å². The average molecular weight is 348 g/mol. The summed E-state index contributed by atoms with van der Waals surface area (Å²) < 4.78 is 40.4. The number of esters is 2. The lowest BCUT2D eigenvalue weighted by atomic mass is 10.2. The normalized spacial score (nSPS) is 13.9. The summed E-state index contributed by atoms with van der Waals surface area (Å²) in [6.07, 6.45) is 0. The average Bonchev–Trinajstić information content (AvgIpc) is 2.60. The summed E-state index contributed by atoms with van der Waals surface area (Å²) in [6, 6.07) is 7.96. The Morgan fingerprint density at radius 2 is 1.25 bits per heavy atom. The summed E-state index contributed by atoms with van der Waals surface area (Å²) in [6.45, 7) is 0.